The molecule has 142 valence electrons. The maximum absolute atomic E-state index is 12.4. The summed E-state index contributed by atoms with van der Waals surface area (Å²) >= 11 is 0. The molecule has 2 aromatic rings. The minimum atomic E-state index is -0.739. The Hall–Kier alpha value is -3.23. The molecule has 0 saturated heterocycles. The number of aryl methyl sites for hydroxylation is 1. The molecule has 27 heavy (non-hydrogen) atoms. The van der Waals surface area contributed by atoms with Gasteiger partial charge in [-0.15, -0.1) is 0 Å². The van der Waals surface area contributed by atoms with Crippen molar-refractivity contribution in [2.75, 3.05) is 6.61 Å². The van der Waals surface area contributed by atoms with E-state index in [2.05, 4.69) is 15.6 Å². The summed E-state index contributed by atoms with van der Waals surface area (Å²) < 4.78 is 6.57. The molecule has 0 spiro atoms. The summed E-state index contributed by atoms with van der Waals surface area (Å²) in [5.74, 6) is -0.774. The van der Waals surface area contributed by atoms with Crippen LogP contribution in [0.15, 0.2) is 23.0 Å². The molecule has 1 aromatic heterocycles. The average Bonchev–Trinajstić information content (AvgIpc) is 3.07. The van der Waals surface area contributed by atoms with Crippen molar-refractivity contribution in [2.24, 2.45) is 0 Å². The molecule has 2 heterocycles. The first-order valence-electron chi connectivity index (χ1n) is 8.66. The Balaban J connectivity index is 1.68. The number of carbonyl (C=O) groups excluding carboxylic acids is 3. The highest BCUT2D eigenvalue weighted by molar-refractivity contribution is 5.98. The van der Waals surface area contributed by atoms with Crippen LogP contribution in [0, 0.1) is 0 Å². The molecule has 0 atom stereocenters. The van der Waals surface area contributed by atoms with Crippen LogP contribution in [0.25, 0.3) is 10.9 Å². The number of hydrogen-bond donors (Lipinski definition) is 2. The smallest absolute Gasteiger partial charge is 0.338 e. The van der Waals surface area contributed by atoms with Gasteiger partial charge in [-0.3, -0.25) is 19.5 Å². The van der Waals surface area contributed by atoms with Gasteiger partial charge in [0, 0.05) is 19.0 Å². The number of ether oxygens (including phenoxy) is 1. The van der Waals surface area contributed by atoms with Crippen molar-refractivity contribution in [3.63, 3.8) is 0 Å². The summed E-state index contributed by atoms with van der Waals surface area (Å²) in [6.07, 6.45) is 1.59. The standard InChI is InChI=1S/C18H20N4O5/c1-10(2)19-18(26)21-15(23)9-27-17(25)11-5-6-12-13(8-11)20-14-4-3-7-22(14)16(12)24/h5-6,8,10H,3-4,7,9H2,1-2H3,(H2,19,21,23,26). The van der Waals surface area contributed by atoms with E-state index in [1.165, 1.54) is 18.2 Å². The van der Waals surface area contributed by atoms with Crippen molar-refractivity contribution in [2.45, 2.75) is 39.3 Å². The second-order valence-electron chi connectivity index (χ2n) is 6.57. The fraction of sp³-hybridized carbons (Fsp3) is 0.389. The number of carbonyl (C=O) groups is 3. The third kappa shape index (κ3) is 4.13. The monoisotopic (exact) mass is 372 g/mol. The second-order valence-corrected chi connectivity index (χ2v) is 6.57. The van der Waals surface area contributed by atoms with Gasteiger partial charge in [0.1, 0.15) is 5.82 Å². The Labute approximate surface area is 154 Å². The quantitative estimate of drug-likeness (QED) is 0.764. The lowest BCUT2D eigenvalue weighted by atomic mass is 10.1. The van der Waals surface area contributed by atoms with Gasteiger partial charge in [-0.1, -0.05) is 0 Å². The minimum absolute atomic E-state index is 0.122. The summed E-state index contributed by atoms with van der Waals surface area (Å²) in [6.45, 7) is 3.56. The third-order valence-electron chi connectivity index (χ3n) is 4.06. The molecule has 0 saturated carbocycles. The van der Waals surface area contributed by atoms with E-state index >= 15 is 0 Å². The molecule has 1 aliphatic rings. The zero-order chi connectivity index (χ0) is 19.6. The summed E-state index contributed by atoms with van der Waals surface area (Å²) in [5.41, 5.74) is 0.475. The van der Waals surface area contributed by atoms with Gasteiger partial charge in [0.15, 0.2) is 6.61 Å². The third-order valence-corrected chi connectivity index (χ3v) is 4.06. The van der Waals surface area contributed by atoms with Crippen LogP contribution in [0.1, 0.15) is 36.5 Å². The van der Waals surface area contributed by atoms with E-state index in [9.17, 15) is 19.2 Å². The molecule has 0 aliphatic carbocycles. The summed E-state index contributed by atoms with van der Waals surface area (Å²) in [4.78, 5) is 52.1. The maximum Gasteiger partial charge on any atom is 0.338 e. The molecule has 0 fully saturated rings. The van der Waals surface area contributed by atoms with Crippen molar-refractivity contribution in [3.05, 3.63) is 39.9 Å². The van der Waals surface area contributed by atoms with E-state index < -0.39 is 24.5 Å². The van der Waals surface area contributed by atoms with E-state index in [4.69, 9.17) is 4.74 Å². The van der Waals surface area contributed by atoms with Crippen LogP contribution in [0.4, 0.5) is 4.79 Å². The number of fused-ring (bicyclic) bond motifs is 2. The molecule has 3 rings (SSSR count). The summed E-state index contributed by atoms with van der Waals surface area (Å²) in [5, 5.41) is 4.98. The highest BCUT2D eigenvalue weighted by Gasteiger charge is 2.18. The van der Waals surface area contributed by atoms with E-state index in [1.54, 1.807) is 18.4 Å². The van der Waals surface area contributed by atoms with Crippen LogP contribution in [-0.2, 0) is 22.5 Å². The van der Waals surface area contributed by atoms with Crippen molar-refractivity contribution in [3.8, 4) is 0 Å². The molecule has 1 aliphatic heterocycles. The number of benzene rings is 1. The van der Waals surface area contributed by atoms with E-state index in [1.807, 2.05) is 0 Å². The SMILES string of the molecule is CC(C)NC(=O)NC(=O)COC(=O)c1ccc2c(=O)n3c(nc2c1)CCC3. The zero-order valence-electron chi connectivity index (χ0n) is 15.1. The molecule has 2 N–H and O–H groups in total. The van der Waals surface area contributed by atoms with Crippen LogP contribution >= 0.6 is 0 Å². The Bertz CT molecular complexity index is 980. The van der Waals surface area contributed by atoms with Gasteiger partial charge in [0.25, 0.3) is 11.5 Å². The van der Waals surface area contributed by atoms with E-state index in [-0.39, 0.29) is 17.2 Å². The zero-order valence-corrected chi connectivity index (χ0v) is 15.1. The predicted molar refractivity (Wildman–Crippen MR) is 96.4 cm³/mol. The first-order chi connectivity index (χ1) is 12.8. The van der Waals surface area contributed by atoms with Crippen LogP contribution in [0.3, 0.4) is 0 Å². The highest BCUT2D eigenvalue weighted by atomic mass is 16.5. The topological polar surface area (TPSA) is 119 Å². The molecule has 9 nitrogen and oxygen atoms in total. The number of nitrogens with one attached hydrogen (secondary N) is 2. The van der Waals surface area contributed by atoms with Crippen molar-refractivity contribution in [1.29, 1.82) is 0 Å². The molecule has 0 bridgehead atoms. The molecule has 0 radical (unpaired) electrons. The van der Waals surface area contributed by atoms with Gasteiger partial charge in [0.05, 0.1) is 16.5 Å². The molecular weight excluding hydrogens is 352 g/mol. The molecule has 1 aromatic carbocycles. The van der Waals surface area contributed by atoms with Crippen LogP contribution < -0.4 is 16.2 Å². The lowest BCUT2D eigenvalue weighted by Gasteiger charge is -2.10. The number of esters is 1. The number of hydrogen-bond acceptors (Lipinski definition) is 6. The average molecular weight is 372 g/mol. The normalized spacial score (nSPS) is 12.7. The fourth-order valence-electron chi connectivity index (χ4n) is 2.89. The number of rotatable bonds is 4. The van der Waals surface area contributed by atoms with Crippen molar-refractivity contribution in [1.82, 2.24) is 20.2 Å². The molecule has 0 unspecified atom stereocenters. The fourth-order valence-corrected chi connectivity index (χ4v) is 2.89. The number of imide groups is 1. The summed E-state index contributed by atoms with van der Waals surface area (Å²) in [6, 6.07) is 3.68. The number of urea groups is 1. The van der Waals surface area contributed by atoms with Gasteiger partial charge in [0.2, 0.25) is 0 Å². The van der Waals surface area contributed by atoms with Gasteiger partial charge in [-0.05, 0) is 38.5 Å². The lowest BCUT2D eigenvalue weighted by molar-refractivity contribution is -0.123. The van der Waals surface area contributed by atoms with Gasteiger partial charge in [-0.2, -0.15) is 0 Å². The predicted octanol–water partition coefficient (Wildman–Crippen LogP) is 0.734. The summed E-state index contributed by atoms with van der Waals surface area (Å²) in [7, 11) is 0. The second kappa shape index (κ2) is 7.56. The first-order valence-corrected chi connectivity index (χ1v) is 8.66. The Kier molecular flexibility index (Phi) is 5.20. The highest BCUT2D eigenvalue weighted by Crippen LogP contribution is 2.16. The van der Waals surface area contributed by atoms with Crippen LogP contribution in [0.5, 0.6) is 0 Å². The van der Waals surface area contributed by atoms with Crippen molar-refractivity contribution >= 4 is 28.8 Å². The lowest BCUT2D eigenvalue weighted by Crippen LogP contribution is -2.44. The molecule has 9 heteroatoms. The van der Waals surface area contributed by atoms with E-state index in [0.717, 1.165) is 12.8 Å². The number of amides is 3. The van der Waals surface area contributed by atoms with E-state index in [0.29, 0.717) is 23.3 Å². The Morgan fingerprint density at radius 1 is 1.30 bits per heavy atom. The molecular formula is C18H20N4O5. The number of aromatic nitrogens is 2. The van der Waals surface area contributed by atoms with Crippen molar-refractivity contribution < 1.29 is 19.1 Å². The largest absolute Gasteiger partial charge is 0.452 e. The molecule has 3 amide bonds. The van der Waals surface area contributed by atoms with Crippen LogP contribution in [-0.4, -0.2) is 40.1 Å². The van der Waals surface area contributed by atoms with Gasteiger partial charge < -0.3 is 10.1 Å². The maximum atomic E-state index is 12.4. The Morgan fingerprint density at radius 3 is 2.81 bits per heavy atom. The van der Waals surface area contributed by atoms with Crippen LogP contribution in [0.2, 0.25) is 0 Å². The first kappa shape index (κ1) is 18.6. The Morgan fingerprint density at radius 2 is 2.07 bits per heavy atom. The minimum Gasteiger partial charge on any atom is -0.452 e. The van der Waals surface area contributed by atoms with Gasteiger partial charge in [-0.25, -0.2) is 14.6 Å². The van der Waals surface area contributed by atoms with Gasteiger partial charge >= 0.3 is 12.0 Å². The number of nitrogens with zero attached hydrogens (tertiary/aromatic N) is 2.